The Bertz CT molecular complexity index is 621. The van der Waals surface area contributed by atoms with Gasteiger partial charge in [-0.2, -0.15) is 0 Å². The van der Waals surface area contributed by atoms with Crippen molar-refractivity contribution < 1.29 is 13.2 Å². The average molecular weight is 274 g/mol. The van der Waals surface area contributed by atoms with Gasteiger partial charge >= 0.3 is 0 Å². The van der Waals surface area contributed by atoms with Crippen molar-refractivity contribution in [3.63, 3.8) is 0 Å². The standard InChI is InChI=1S/C9H8ClN3O3S/c1-16-8-4-2-7(3-5-8)13-6-9(11-12-13)17(10,14)15/h2-6H,1H3. The second-order valence-electron chi connectivity index (χ2n) is 3.14. The van der Waals surface area contributed by atoms with Crippen LogP contribution in [-0.4, -0.2) is 30.5 Å². The van der Waals surface area contributed by atoms with Gasteiger partial charge in [-0.3, -0.25) is 0 Å². The number of rotatable bonds is 3. The molecular weight excluding hydrogens is 266 g/mol. The third-order valence-corrected chi connectivity index (χ3v) is 3.22. The highest BCUT2D eigenvalue weighted by molar-refractivity contribution is 8.13. The second-order valence-corrected chi connectivity index (χ2v) is 5.65. The molecule has 0 unspecified atom stereocenters. The van der Waals surface area contributed by atoms with Crippen LogP contribution in [0.4, 0.5) is 0 Å². The second kappa shape index (κ2) is 4.34. The van der Waals surface area contributed by atoms with E-state index in [-0.39, 0.29) is 5.03 Å². The van der Waals surface area contributed by atoms with Crippen LogP contribution in [0.15, 0.2) is 35.5 Å². The van der Waals surface area contributed by atoms with Crippen LogP contribution in [0.5, 0.6) is 5.75 Å². The molecule has 0 aliphatic rings. The maximum Gasteiger partial charge on any atom is 0.282 e. The van der Waals surface area contributed by atoms with Gasteiger partial charge in [0.2, 0.25) is 5.03 Å². The van der Waals surface area contributed by atoms with E-state index in [0.29, 0.717) is 11.4 Å². The van der Waals surface area contributed by atoms with Gasteiger partial charge in [0.15, 0.2) is 0 Å². The van der Waals surface area contributed by atoms with E-state index in [1.165, 1.54) is 10.9 Å². The van der Waals surface area contributed by atoms with Crippen LogP contribution in [0.25, 0.3) is 5.69 Å². The van der Waals surface area contributed by atoms with E-state index in [0.717, 1.165) is 0 Å². The lowest BCUT2D eigenvalue weighted by molar-refractivity contribution is 0.414. The summed E-state index contributed by atoms with van der Waals surface area (Å²) in [5.74, 6) is 0.694. The fraction of sp³-hybridized carbons (Fsp3) is 0.111. The van der Waals surface area contributed by atoms with Crippen LogP contribution >= 0.6 is 10.7 Å². The smallest absolute Gasteiger partial charge is 0.282 e. The Kier molecular flexibility index (Phi) is 3.03. The van der Waals surface area contributed by atoms with Gasteiger partial charge in [-0.05, 0) is 24.3 Å². The molecular formula is C9H8ClN3O3S. The van der Waals surface area contributed by atoms with Gasteiger partial charge in [-0.25, -0.2) is 13.1 Å². The summed E-state index contributed by atoms with van der Waals surface area (Å²) in [4.78, 5) is 0. The van der Waals surface area contributed by atoms with E-state index in [4.69, 9.17) is 15.4 Å². The number of nitrogens with zero attached hydrogens (tertiary/aromatic N) is 3. The molecule has 0 N–H and O–H groups in total. The number of halogens is 1. The van der Waals surface area contributed by atoms with Crippen molar-refractivity contribution in [3.05, 3.63) is 30.5 Å². The molecule has 0 bridgehead atoms. The maximum absolute atomic E-state index is 11.0. The first-order valence-electron chi connectivity index (χ1n) is 4.52. The van der Waals surface area contributed by atoms with E-state index in [2.05, 4.69) is 10.3 Å². The Labute approximate surface area is 102 Å². The molecule has 1 heterocycles. The minimum atomic E-state index is -3.85. The van der Waals surface area contributed by atoms with Crippen LogP contribution < -0.4 is 4.74 Å². The van der Waals surface area contributed by atoms with E-state index in [9.17, 15) is 8.42 Å². The normalized spacial score (nSPS) is 11.4. The Hall–Kier alpha value is -1.60. The number of hydrogen-bond acceptors (Lipinski definition) is 5. The van der Waals surface area contributed by atoms with Crippen molar-refractivity contribution in [1.29, 1.82) is 0 Å². The minimum absolute atomic E-state index is 0.282. The van der Waals surface area contributed by atoms with Crippen molar-refractivity contribution >= 4 is 19.7 Å². The van der Waals surface area contributed by atoms with Gasteiger partial charge in [0.1, 0.15) is 5.75 Å². The molecule has 2 rings (SSSR count). The number of methoxy groups -OCH3 is 1. The zero-order valence-electron chi connectivity index (χ0n) is 8.74. The first kappa shape index (κ1) is 11.9. The first-order valence-corrected chi connectivity index (χ1v) is 6.83. The number of aromatic nitrogens is 3. The van der Waals surface area contributed by atoms with Gasteiger partial charge in [0.05, 0.1) is 19.0 Å². The predicted octanol–water partition coefficient (Wildman–Crippen LogP) is 1.20. The van der Waals surface area contributed by atoms with Crippen LogP contribution in [0, 0.1) is 0 Å². The predicted molar refractivity (Wildman–Crippen MR) is 60.9 cm³/mol. The zero-order valence-corrected chi connectivity index (χ0v) is 10.3. The molecule has 0 radical (unpaired) electrons. The van der Waals surface area contributed by atoms with Gasteiger partial charge in [-0.1, -0.05) is 5.21 Å². The van der Waals surface area contributed by atoms with Crippen molar-refractivity contribution in [3.8, 4) is 11.4 Å². The molecule has 0 spiro atoms. The van der Waals surface area contributed by atoms with Crippen molar-refractivity contribution in [2.75, 3.05) is 7.11 Å². The van der Waals surface area contributed by atoms with Crippen LogP contribution in [-0.2, 0) is 9.05 Å². The molecule has 0 saturated heterocycles. The first-order chi connectivity index (χ1) is 8.00. The maximum atomic E-state index is 11.0. The van der Waals surface area contributed by atoms with E-state index < -0.39 is 9.05 Å². The summed E-state index contributed by atoms with van der Waals surface area (Å²) in [7, 11) is 2.85. The number of ether oxygens (including phenoxy) is 1. The zero-order chi connectivity index (χ0) is 12.5. The van der Waals surface area contributed by atoms with Crippen molar-refractivity contribution in [2.45, 2.75) is 5.03 Å². The van der Waals surface area contributed by atoms with Gasteiger partial charge < -0.3 is 4.74 Å². The van der Waals surface area contributed by atoms with Gasteiger partial charge in [-0.15, -0.1) is 5.10 Å². The Balaban J connectivity index is 2.37. The van der Waals surface area contributed by atoms with E-state index >= 15 is 0 Å². The Morgan fingerprint density at radius 1 is 1.29 bits per heavy atom. The van der Waals surface area contributed by atoms with E-state index in [1.807, 2.05) is 0 Å². The molecule has 0 aliphatic carbocycles. The van der Waals surface area contributed by atoms with Gasteiger partial charge in [0, 0.05) is 10.7 Å². The summed E-state index contributed by atoms with van der Waals surface area (Å²) in [6.07, 6.45) is 1.24. The molecule has 90 valence electrons. The third kappa shape index (κ3) is 2.56. The summed E-state index contributed by atoms with van der Waals surface area (Å²) in [5.41, 5.74) is 0.657. The minimum Gasteiger partial charge on any atom is -0.497 e. The number of hydrogen-bond donors (Lipinski definition) is 0. The highest BCUT2D eigenvalue weighted by Gasteiger charge is 2.15. The van der Waals surface area contributed by atoms with Crippen LogP contribution in [0.2, 0.25) is 0 Å². The molecule has 1 aromatic carbocycles. The molecule has 17 heavy (non-hydrogen) atoms. The summed E-state index contributed by atoms with van der Waals surface area (Å²) in [5, 5.41) is 6.86. The number of benzene rings is 1. The molecule has 2 aromatic rings. The molecule has 8 heteroatoms. The van der Waals surface area contributed by atoms with E-state index in [1.54, 1.807) is 31.4 Å². The highest BCUT2D eigenvalue weighted by atomic mass is 35.7. The lowest BCUT2D eigenvalue weighted by Gasteiger charge is -2.01. The average Bonchev–Trinajstić information content (AvgIpc) is 2.78. The highest BCUT2D eigenvalue weighted by Crippen LogP contribution is 2.16. The largest absolute Gasteiger partial charge is 0.497 e. The topological polar surface area (TPSA) is 74.1 Å². The fourth-order valence-electron chi connectivity index (χ4n) is 1.22. The monoisotopic (exact) mass is 273 g/mol. The third-order valence-electron chi connectivity index (χ3n) is 2.06. The summed E-state index contributed by atoms with van der Waals surface area (Å²) < 4.78 is 28.3. The molecule has 6 nitrogen and oxygen atoms in total. The van der Waals surface area contributed by atoms with Crippen molar-refractivity contribution in [1.82, 2.24) is 15.0 Å². The summed E-state index contributed by atoms with van der Waals surface area (Å²) in [6, 6.07) is 6.90. The SMILES string of the molecule is COc1ccc(-n2cc(S(=O)(=O)Cl)nn2)cc1. The summed E-state index contributed by atoms with van der Waals surface area (Å²) in [6.45, 7) is 0. The molecule has 0 fully saturated rings. The van der Waals surface area contributed by atoms with Crippen LogP contribution in [0.3, 0.4) is 0 Å². The lowest BCUT2D eigenvalue weighted by Crippen LogP contribution is -1.94. The molecule has 0 aliphatic heterocycles. The summed E-state index contributed by atoms with van der Waals surface area (Å²) >= 11 is 0. The van der Waals surface area contributed by atoms with Crippen LogP contribution in [0.1, 0.15) is 0 Å². The van der Waals surface area contributed by atoms with Gasteiger partial charge in [0.25, 0.3) is 9.05 Å². The Morgan fingerprint density at radius 2 is 1.94 bits per heavy atom. The molecule has 1 aromatic heterocycles. The molecule has 0 amide bonds. The van der Waals surface area contributed by atoms with Crippen molar-refractivity contribution in [2.24, 2.45) is 0 Å². The lowest BCUT2D eigenvalue weighted by atomic mass is 10.3. The quantitative estimate of drug-likeness (QED) is 0.786. The Morgan fingerprint density at radius 3 is 2.41 bits per heavy atom. The molecule has 0 atom stereocenters. The fourth-order valence-corrected chi connectivity index (χ4v) is 1.79. The molecule has 0 saturated carbocycles.